The lowest BCUT2D eigenvalue weighted by Gasteiger charge is -2.24. The maximum Gasteiger partial charge on any atom is 0.00112 e. The number of hydrogen-bond donors (Lipinski definition) is 0. The Labute approximate surface area is 82.7 Å². The van der Waals surface area contributed by atoms with E-state index in [1.165, 1.54) is 25.7 Å². The highest BCUT2D eigenvalue weighted by Gasteiger charge is 2.17. The van der Waals surface area contributed by atoms with Gasteiger partial charge in [-0.05, 0) is 25.7 Å². The second-order valence-electron chi connectivity index (χ2n) is 4.02. The summed E-state index contributed by atoms with van der Waals surface area (Å²) in [5.74, 6) is 1.69. The first-order chi connectivity index (χ1) is 6.31. The standard InChI is InChI=1S/C13H22/c1-4-11(5-2)10-12(6-3)13-8-7-9-13/h6-8,11,13H,4-5,9-10H2,1-3H3/b12-6+. The minimum absolute atomic E-state index is 0.783. The van der Waals surface area contributed by atoms with E-state index < -0.39 is 0 Å². The van der Waals surface area contributed by atoms with E-state index in [1.807, 2.05) is 0 Å². The summed E-state index contributed by atoms with van der Waals surface area (Å²) in [5.41, 5.74) is 1.66. The van der Waals surface area contributed by atoms with Crippen molar-refractivity contribution in [2.75, 3.05) is 0 Å². The van der Waals surface area contributed by atoms with Crippen LogP contribution in [0.3, 0.4) is 0 Å². The molecule has 0 aromatic rings. The fraction of sp³-hybridized carbons (Fsp3) is 0.692. The number of allylic oxidation sites excluding steroid dienone is 4. The lowest BCUT2D eigenvalue weighted by molar-refractivity contribution is 0.465. The van der Waals surface area contributed by atoms with Crippen molar-refractivity contribution in [3.05, 3.63) is 23.8 Å². The van der Waals surface area contributed by atoms with Crippen molar-refractivity contribution in [1.29, 1.82) is 0 Å². The highest BCUT2D eigenvalue weighted by atomic mass is 14.2. The van der Waals surface area contributed by atoms with Crippen LogP contribution in [0.2, 0.25) is 0 Å². The molecular weight excluding hydrogens is 156 g/mol. The van der Waals surface area contributed by atoms with Gasteiger partial charge in [-0.25, -0.2) is 0 Å². The summed E-state index contributed by atoms with van der Waals surface area (Å²) >= 11 is 0. The van der Waals surface area contributed by atoms with Gasteiger partial charge in [0.2, 0.25) is 0 Å². The zero-order valence-electron chi connectivity index (χ0n) is 9.22. The molecule has 1 aliphatic rings. The summed E-state index contributed by atoms with van der Waals surface area (Å²) in [4.78, 5) is 0. The predicted octanol–water partition coefficient (Wildman–Crippen LogP) is 4.34. The molecule has 1 unspecified atom stereocenters. The summed E-state index contributed by atoms with van der Waals surface area (Å²) in [6.45, 7) is 6.79. The molecule has 0 aliphatic heterocycles. The van der Waals surface area contributed by atoms with Crippen molar-refractivity contribution in [2.24, 2.45) is 11.8 Å². The van der Waals surface area contributed by atoms with Gasteiger partial charge in [-0.1, -0.05) is 50.5 Å². The van der Waals surface area contributed by atoms with Crippen molar-refractivity contribution in [1.82, 2.24) is 0 Å². The minimum Gasteiger partial charge on any atom is -0.0878 e. The van der Waals surface area contributed by atoms with E-state index in [0.29, 0.717) is 0 Å². The summed E-state index contributed by atoms with van der Waals surface area (Å²) in [5, 5.41) is 0. The van der Waals surface area contributed by atoms with Crippen LogP contribution >= 0.6 is 0 Å². The van der Waals surface area contributed by atoms with E-state index >= 15 is 0 Å². The average molecular weight is 178 g/mol. The van der Waals surface area contributed by atoms with Crippen LogP contribution in [0.1, 0.15) is 46.5 Å². The maximum absolute atomic E-state index is 2.34. The molecule has 0 aromatic heterocycles. The Morgan fingerprint density at radius 2 is 2.08 bits per heavy atom. The van der Waals surface area contributed by atoms with Gasteiger partial charge in [0.1, 0.15) is 0 Å². The quantitative estimate of drug-likeness (QED) is 0.549. The SMILES string of the molecule is C/C=C(\CC(CC)CC)C1C=CC1. The molecule has 0 heteroatoms. The van der Waals surface area contributed by atoms with Gasteiger partial charge in [-0.15, -0.1) is 0 Å². The molecule has 0 radical (unpaired) electrons. The van der Waals surface area contributed by atoms with Gasteiger partial charge in [0.15, 0.2) is 0 Å². The van der Waals surface area contributed by atoms with Crippen LogP contribution in [0.25, 0.3) is 0 Å². The molecule has 1 aliphatic carbocycles. The third-order valence-electron chi connectivity index (χ3n) is 3.28. The summed E-state index contributed by atoms with van der Waals surface area (Å²) in [7, 11) is 0. The van der Waals surface area contributed by atoms with E-state index in [4.69, 9.17) is 0 Å². The summed E-state index contributed by atoms with van der Waals surface area (Å²) < 4.78 is 0. The monoisotopic (exact) mass is 178 g/mol. The minimum atomic E-state index is 0.783. The van der Waals surface area contributed by atoms with Gasteiger partial charge < -0.3 is 0 Å². The second kappa shape index (κ2) is 5.26. The highest BCUT2D eigenvalue weighted by molar-refractivity contribution is 5.20. The largest absolute Gasteiger partial charge is 0.0878 e. The van der Waals surface area contributed by atoms with Crippen LogP contribution in [0.4, 0.5) is 0 Å². The first-order valence-corrected chi connectivity index (χ1v) is 5.63. The molecule has 13 heavy (non-hydrogen) atoms. The first kappa shape index (κ1) is 10.6. The van der Waals surface area contributed by atoms with Crippen molar-refractivity contribution >= 4 is 0 Å². The van der Waals surface area contributed by atoms with Crippen molar-refractivity contribution in [3.8, 4) is 0 Å². The van der Waals surface area contributed by atoms with E-state index in [0.717, 1.165) is 11.8 Å². The van der Waals surface area contributed by atoms with E-state index in [1.54, 1.807) is 5.57 Å². The number of rotatable bonds is 5. The Bertz CT molecular complexity index is 194. The zero-order chi connectivity index (χ0) is 9.68. The lowest BCUT2D eigenvalue weighted by atomic mass is 9.81. The third kappa shape index (κ3) is 2.72. The molecule has 0 bridgehead atoms. The van der Waals surface area contributed by atoms with Gasteiger partial charge in [0, 0.05) is 5.92 Å². The molecule has 0 heterocycles. The molecule has 1 rings (SSSR count). The van der Waals surface area contributed by atoms with Gasteiger partial charge in [0.05, 0.1) is 0 Å². The van der Waals surface area contributed by atoms with Gasteiger partial charge >= 0.3 is 0 Å². The normalized spacial score (nSPS) is 22.2. The number of hydrogen-bond acceptors (Lipinski definition) is 0. The Kier molecular flexibility index (Phi) is 4.27. The fourth-order valence-corrected chi connectivity index (χ4v) is 1.94. The van der Waals surface area contributed by atoms with E-state index in [-0.39, 0.29) is 0 Å². The average Bonchev–Trinajstić information content (AvgIpc) is 2.08. The van der Waals surface area contributed by atoms with Crippen LogP contribution < -0.4 is 0 Å². The Hall–Kier alpha value is -0.520. The molecule has 74 valence electrons. The molecule has 0 amide bonds. The topological polar surface area (TPSA) is 0 Å². The first-order valence-electron chi connectivity index (χ1n) is 5.63. The van der Waals surface area contributed by atoms with E-state index in [2.05, 4.69) is 39.0 Å². The highest BCUT2D eigenvalue weighted by Crippen LogP contribution is 2.31. The van der Waals surface area contributed by atoms with E-state index in [9.17, 15) is 0 Å². The smallest absolute Gasteiger partial charge is 0.00112 e. The Morgan fingerprint density at radius 3 is 2.38 bits per heavy atom. The maximum atomic E-state index is 2.34. The van der Waals surface area contributed by atoms with Crippen LogP contribution in [-0.2, 0) is 0 Å². The summed E-state index contributed by atoms with van der Waals surface area (Å²) in [6.07, 6.45) is 12.2. The van der Waals surface area contributed by atoms with Gasteiger partial charge in [0.25, 0.3) is 0 Å². The van der Waals surface area contributed by atoms with Crippen LogP contribution in [0.5, 0.6) is 0 Å². The van der Waals surface area contributed by atoms with Crippen LogP contribution in [0, 0.1) is 11.8 Å². The fourth-order valence-electron chi connectivity index (χ4n) is 1.94. The molecule has 0 nitrogen and oxygen atoms in total. The lowest BCUT2D eigenvalue weighted by Crippen LogP contribution is -2.10. The molecule has 0 spiro atoms. The molecule has 0 fully saturated rings. The van der Waals surface area contributed by atoms with Crippen molar-refractivity contribution in [3.63, 3.8) is 0 Å². The van der Waals surface area contributed by atoms with Crippen molar-refractivity contribution < 1.29 is 0 Å². The Balaban J connectivity index is 2.44. The molecule has 1 atom stereocenters. The zero-order valence-corrected chi connectivity index (χ0v) is 9.22. The molecule has 0 saturated carbocycles. The van der Waals surface area contributed by atoms with Gasteiger partial charge in [-0.3, -0.25) is 0 Å². The van der Waals surface area contributed by atoms with Gasteiger partial charge in [-0.2, -0.15) is 0 Å². The van der Waals surface area contributed by atoms with Crippen molar-refractivity contribution in [2.45, 2.75) is 46.5 Å². The molecule has 0 saturated heterocycles. The second-order valence-corrected chi connectivity index (χ2v) is 4.02. The molecule has 0 N–H and O–H groups in total. The predicted molar refractivity (Wildman–Crippen MR) is 59.7 cm³/mol. The molecular formula is C13H22. The van der Waals surface area contributed by atoms with Crippen LogP contribution in [-0.4, -0.2) is 0 Å². The Morgan fingerprint density at radius 1 is 1.46 bits per heavy atom. The molecule has 0 aromatic carbocycles. The van der Waals surface area contributed by atoms with Crippen LogP contribution in [0.15, 0.2) is 23.8 Å². The third-order valence-corrected chi connectivity index (χ3v) is 3.28. The summed E-state index contributed by atoms with van der Waals surface area (Å²) in [6, 6.07) is 0.